The van der Waals surface area contributed by atoms with E-state index in [2.05, 4.69) is 12.3 Å². The maximum absolute atomic E-state index is 11.7. The Morgan fingerprint density at radius 1 is 1.29 bits per heavy atom. The fourth-order valence-electron chi connectivity index (χ4n) is 1.69. The standard InChI is InChI=1S/C14H20N2O/c1-4-12-16(2,3)15-14(17)11-10-13-8-6-5-7-9-13/h5-11H,4,12H2,1-3H3/p+1. The number of nitrogens with one attached hydrogen (secondary N) is 1. The maximum Gasteiger partial charge on any atom is 0.288 e. The Bertz CT molecular complexity index is 382. The third-order valence-corrected chi connectivity index (χ3v) is 2.42. The zero-order valence-electron chi connectivity index (χ0n) is 10.8. The third-order valence-electron chi connectivity index (χ3n) is 2.42. The second-order valence-electron chi connectivity index (χ2n) is 4.63. The predicted molar refractivity (Wildman–Crippen MR) is 70.9 cm³/mol. The molecule has 0 spiro atoms. The Balaban J connectivity index is 2.53. The van der Waals surface area contributed by atoms with Crippen molar-refractivity contribution in [2.45, 2.75) is 13.3 Å². The summed E-state index contributed by atoms with van der Waals surface area (Å²) in [6.07, 6.45) is 4.43. The molecule has 0 saturated carbocycles. The van der Waals surface area contributed by atoms with Crippen LogP contribution in [0.25, 0.3) is 6.08 Å². The van der Waals surface area contributed by atoms with Crippen LogP contribution >= 0.6 is 0 Å². The monoisotopic (exact) mass is 233 g/mol. The summed E-state index contributed by atoms with van der Waals surface area (Å²) in [5.74, 6) is -0.0627. The quantitative estimate of drug-likeness (QED) is 0.471. The first-order valence-electron chi connectivity index (χ1n) is 5.92. The zero-order chi connectivity index (χ0) is 12.7. The van der Waals surface area contributed by atoms with Crippen LogP contribution in [-0.2, 0) is 4.79 Å². The molecule has 0 bridgehead atoms. The number of benzene rings is 1. The summed E-state index contributed by atoms with van der Waals surface area (Å²) in [6, 6.07) is 9.80. The van der Waals surface area contributed by atoms with Crippen molar-refractivity contribution >= 4 is 12.0 Å². The predicted octanol–water partition coefficient (Wildman–Crippen LogP) is 2.22. The van der Waals surface area contributed by atoms with Gasteiger partial charge in [0.2, 0.25) is 0 Å². The van der Waals surface area contributed by atoms with Gasteiger partial charge in [0.05, 0.1) is 14.1 Å². The lowest BCUT2D eigenvalue weighted by Gasteiger charge is -2.27. The lowest BCUT2D eigenvalue weighted by atomic mass is 10.2. The van der Waals surface area contributed by atoms with Crippen LogP contribution < -0.4 is 5.43 Å². The first-order valence-corrected chi connectivity index (χ1v) is 5.92. The number of quaternary nitrogens is 1. The lowest BCUT2D eigenvalue weighted by Crippen LogP contribution is -2.54. The molecule has 0 fully saturated rings. The topological polar surface area (TPSA) is 29.1 Å². The normalized spacial score (nSPS) is 11.7. The molecule has 3 nitrogen and oxygen atoms in total. The molecule has 1 aromatic carbocycles. The molecule has 0 atom stereocenters. The van der Waals surface area contributed by atoms with Gasteiger partial charge in [-0.2, -0.15) is 5.43 Å². The molecule has 0 aromatic heterocycles. The van der Waals surface area contributed by atoms with Crippen LogP contribution in [0.5, 0.6) is 0 Å². The summed E-state index contributed by atoms with van der Waals surface area (Å²) in [5, 5.41) is 0. The number of amides is 1. The highest BCUT2D eigenvalue weighted by molar-refractivity contribution is 5.90. The molecule has 1 rings (SSSR count). The number of hydrogen-bond donors (Lipinski definition) is 1. The van der Waals surface area contributed by atoms with Crippen LogP contribution in [0.2, 0.25) is 0 Å². The third kappa shape index (κ3) is 5.31. The fraction of sp³-hybridized carbons (Fsp3) is 0.357. The molecule has 0 heterocycles. The van der Waals surface area contributed by atoms with Gasteiger partial charge < -0.3 is 0 Å². The summed E-state index contributed by atoms with van der Waals surface area (Å²) >= 11 is 0. The van der Waals surface area contributed by atoms with E-state index in [4.69, 9.17) is 0 Å². The lowest BCUT2D eigenvalue weighted by molar-refractivity contribution is -0.924. The molecule has 1 amide bonds. The van der Waals surface area contributed by atoms with E-state index in [1.807, 2.05) is 50.5 Å². The van der Waals surface area contributed by atoms with Crippen molar-refractivity contribution in [2.24, 2.45) is 0 Å². The zero-order valence-corrected chi connectivity index (χ0v) is 10.8. The average molecular weight is 233 g/mol. The number of rotatable bonds is 5. The van der Waals surface area contributed by atoms with Crippen LogP contribution in [0.1, 0.15) is 18.9 Å². The Morgan fingerprint density at radius 3 is 2.53 bits per heavy atom. The highest BCUT2D eigenvalue weighted by Gasteiger charge is 2.15. The summed E-state index contributed by atoms with van der Waals surface area (Å²) in [7, 11) is 3.97. The van der Waals surface area contributed by atoms with Gasteiger partial charge >= 0.3 is 0 Å². The minimum atomic E-state index is -0.0627. The largest absolute Gasteiger partial charge is 0.288 e. The molecule has 3 heteroatoms. The highest BCUT2D eigenvalue weighted by Crippen LogP contribution is 2.01. The molecule has 17 heavy (non-hydrogen) atoms. The maximum atomic E-state index is 11.7. The van der Waals surface area contributed by atoms with Crippen LogP contribution in [-0.4, -0.2) is 31.1 Å². The molecule has 0 radical (unpaired) electrons. The van der Waals surface area contributed by atoms with Gasteiger partial charge in [0.1, 0.15) is 6.54 Å². The average Bonchev–Trinajstić information content (AvgIpc) is 2.27. The Kier molecular flexibility index (Phi) is 4.91. The van der Waals surface area contributed by atoms with Crippen LogP contribution in [0.3, 0.4) is 0 Å². The van der Waals surface area contributed by atoms with Crippen molar-refractivity contribution < 1.29 is 9.39 Å². The van der Waals surface area contributed by atoms with Gasteiger partial charge in [0.15, 0.2) is 0 Å². The van der Waals surface area contributed by atoms with E-state index in [-0.39, 0.29) is 5.91 Å². The number of nitrogens with zero attached hydrogens (tertiary/aromatic N) is 1. The van der Waals surface area contributed by atoms with E-state index in [9.17, 15) is 4.79 Å². The Hall–Kier alpha value is -1.61. The van der Waals surface area contributed by atoms with Gasteiger partial charge in [0.25, 0.3) is 5.91 Å². The van der Waals surface area contributed by atoms with Crippen molar-refractivity contribution in [3.63, 3.8) is 0 Å². The summed E-state index contributed by atoms with van der Waals surface area (Å²) in [5.41, 5.74) is 3.97. The van der Waals surface area contributed by atoms with Crippen LogP contribution in [0, 0.1) is 0 Å². The molecule has 1 aromatic rings. The molecule has 0 unspecified atom stereocenters. The van der Waals surface area contributed by atoms with Gasteiger partial charge in [0, 0.05) is 6.08 Å². The van der Waals surface area contributed by atoms with E-state index < -0.39 is 0 Å². The van der Waals surface area contributed by atoms with E-state index in [1.54, 1.807) is 6.08 Å². The second kappa shape index (κ2) is 6.21. The van der Waals surface area contributed by atoms with Crippen molar-refractivity contribution in [3.8, 4) is 0 Å². The second-order valence-corrected chi connectivity index (χ2v) is 4.63. The van der Waals surface area contributed by atoms with Gasteiger partial charge in [-0.1, -0.05) is 37.3 Å². The summed E-state index contributed by atoms with van der Waals surface area (Å²) in [4.78, 5) is 11.7. The molecule has 92 valence electrons. The van der Waals surface area contributed by atoms with Crippen molar-refractivity contribution in [3.05, 3.63) is 42.0 Å². The summed E-state index contributed by atoms with van der Waals surface area (Å²) < 4.78 is 0.508. The van der Waals surface area contributed by atoms with Crippen molar-refractivity contribution in [1.82, 2.24) is 5.43 Å². The minimum absolute atomic E-state index is 0.0627. The van der Waals surface area contributed by atoms with E-state index >= 15 is 0 Å². The van der Waals surface area contributed by atoms with E-state index in [0.717, 1.165) is 18.5 Å². The van der Waals surface area contributed by atoms with Crippen LogP contribution in [0.4, 0.5) is 0 Å². The number of carbonyl (C=O) groups is 1. The van der Waals surface area contributed by atoms with Gasteiger partial charge in [-0.25, -0.2) is 4.59 Å². The molecular weight excluding hydrogens is 212 g/mol. The molecule has 1 N–H and O–H groups in total. The number of hydrogen-bond acceptors (Lipinski definition) is 1. The van der Waals surface area contributed by atoms with Crippen molar-refractivity contribution in [1.29, 1.82) is 0 Å². The fourth-order valence-corrected chi connectivity index (χ4v) is 1.69. The first kappa shape index (κ1) is 13.5. The van der Waals surface area contributed by atoms with E-state index in [1.165, 1.54) is 0 Å². The minimum Gasteiger partial charge on any atom is -0.265 e. The van der Waals surface area contributed by atoms with Gasteiger partial charge in [-0.15, -0.1) is 0 Å². The molecule has 0 aliphatic heterocycles. The molecular formula is C14H21N2O+. The highest BCUT2D eigenvalue weighted by atomic mass is 16.2. The first-order chi connectivity index (χ1) is 8.03. The molecule has 0 aliphatic carbocycles. The number of carbonyl (C=O) groups excluding carboxylic acids is 1. The Morgan fingerprint density at radius 2 is 1.94 bits per heavy atom. The summed E-state index contributed by atoms with van der Waals surface area (Å²) in [6.45, 7) is 3.02. The molecule has 0 saturated heterocycles. The van der Waals surface area contributed by atoms with Crippen molar-refractivity contribution in [2.75, 3.05) is 20.6 Å². The smallest absolute Gasteiger partial charge is 0.265 e. The van der Waals surface area contributed by atoms with Gasteiger partial charge in [-0.05, 0) is 18.1 Å². The van der Waals surface area contributed by atoms with E-state index in [0.29, 0.717) is 4.59 Å². The SMILES string of the molecule is CCC[N+](C)(C)NC(=O)C=Cc1ccccc1. The Labute approximate surface area is 103 Å². The molecule has 0 aliphatic rings. The van der Waals surface area contributed by atoms with Crippen LogP contribution in [0.15, 0.2) is 36.4 Å². The van der Waals surface area contributed by atoms with Gasteiger partial charge in [-0.3, -0.25) is 4.79 Å².